The molecule has 0 atom stereocenters. The van der Waals surface area contributed by atoms with E-state index < -0.39 is 15.7 Å². The highest BCUT2D eigenvalue weighted by Crippen LogP contribution is 2.24. The van der Waals surface area contributed by atoms with Crippen LogP contribution < -0.4 is 10.2 Å². The molecule has 1 saturated heterocycles. The molecule has 0 saturated carbocycles. The second-order valence-corrected chi connectivity index (χ2v) is 8.52. The van der Waals surface area contributed by atoms with E-state index in [0.717, 1.165) is 18.0 Å². The lowest BCUT2D eigenvalue weighted by molar-refractivity contribution is 0.215. The quantitative estimate of drug-likeness (QED) is 0.873. The Hall–Kier alpha value is -2.61. The molecule has 2 amide bonds. The molecule has 0 aliphatic carbocycles. The van der Waals surface area contributed by atoms with E-state index in [1.54, 1.807) is 4.90 Å². The van der Waals surface area contributed by atoms with Crippen LogP contribution in [0.15, 0.2) is 53.4 Å². The average Bonchev–Trinajstić information content (AvgIpc) is 2.88. The number of urea groups is 1. The van der Waals surface area contributed by atoms with Crippen molar-refractivity contribution in [2.24, 2.45) is 0 Å². The van der Waals surface area contributed by atoms with Gasteiger partial charge in [-0.25, -0.2) is 17.6 Å². The molecule has 3 rings (SSSR count). The van der Waals surface area contributed by atoms with Crippen molar-refractivity contribution in [2.75, 3.05) is 42.7 Å². The summed E-state index contributed by atoms with van der Waals surface area (Å²) >= 11 is 0. The van der Waals surface area contributed by atoms with E-state index >= 15 is 0 Å². The van der Waals surface area contributed by atoms with E-state index in [4.69, 9.17) is 0 Å². The highest BCUT2D eigenvalue weighted by molar-refractivity contribution is 7.90. The number of amides is 2. The van der Waals surface area contributed by atoms with E-state index in [9.17, 15) is 17.6 Å². The summed E-state index contributed by atoms with van der Waals surface area (Å²) in [5.74, 6) is -0.569. The fourth-order valence-electron chi connectivity index (χ4n) is 3.06. The molecule has 0 aromatic heterocycles. The van der Waals surface area contributed by atoms with Crippen LogP contribution in [0.25, 0.3) is 0 Å². The van der Waals surface area contributed by atoms with E-state index in [-0.39, 0.29) is 10.9 Å². The number of anilines is 2. The molecule has 2 aromatic carbocycles. The summed E-state index contributed by atoms with van der Waals surface area (Å²) in [4.78, 5) is 16.0. The zero-order valence-electron chi connectivity index (χ0n) is 15.1. The number of sulfone groups is 1. The molecule has 1 fully saturated rings. The van der Waals surface area contributed by atoms with Crippen LogP contribution in [0.1, 0.15) is 6.42 Å². The lowest BCUT2D eigenvalue weighted by Crippen LogP contribution is -2.38. The van der Waals surface area contributed by atoms with Crippen molar-refractivity contribution >= 4 is 27.2 Å². The van der Waals surface area contributed by atoms with Crippen molar-refractivity contribution in [3.05, 3.63) is 54.3 Å². The number of hydrogen-bond donors (Lipinski definition) is 1. The van der Waals surface area contributed by atoms with Crippen LogP contribution in [0, 0.1) is 5.82 Å². The Morgan fingerprint density at radius 1 is 1.04 bits per heavy atom. The van der Waals surface area contributed by atoms with Gasteiger partial charge in [-0.2, -0.15) is 0 Å². The topological polar surface area (TPSA) is 69.7 Å². The minimum absolute atomic E-state index is 0.0394. The Labute approximate surface area is 158 Å². The molecule has 1 aliphatic heterocycles. The molecule has 1 aliphatic rings. The minimum Gasteiger partial charge on any atom is -0.367 e. The van der Waals surface area contributed by atoms with Gasteiger partial charge in [0, 0.05) is 38.1 Å². The number of para-hydroxylation sites is 1. The predicted octanol–water partition coefficient (Wildman–Crippen LogP) is 2.97. The number of benzene rings is 2. The summed E-state index contributed by atoms with van der Waals surface area (Å²) in [5, 5.41) is 2.86. The van der Waals surface area contributed by atoms with Crippen molar-refractivity contribution in [2.45, 2.75) is 11.3 Å². The molecule has 0 bridgehead atoms. The van der Waals surface area contributed by atoms with Gasteiger partial charge in [-0.1, -0.05) is 18.2 Å². The Balaban J connectivity index is 1.67. The second kappa shape index (κ2) is 7.96. The Morgan fingerprint density at radius 2 is 1.78 bits per heavy atom. The molecule has 1 N–H and O–H groups in total. The molecular formula is C19H22FN3O3S. The summed E-state index contributed by atoms with van der Waals surface area (Å²) in [5.41, 5.74) is 1.08. The van der Waals surface area contributed by atoms with Gasteiger partial charge in [-0.05, 0) is 36.8 Å². The van der Waals surface area contributed by atoms with Crippen LogP contribution >= 0.6 is 0 Å². The van der Waals surface area contributed by atoms with Crippen LogP contribution in [0.5, 0.6) is 0 Å². The zero-order valence-corrected chi connectivity index (χ0v) is 15.9. The molecule has 1 heterocycles. The largest absolute Gasteiger partial charge is 0.367 e. The van der Waals surface area contributed by atoms with E-state index in [1.807, 2.05) is 35.2 Å². The third-order valence-corrected chi connectivity index (χ3v) is 5.61. The molecule has 27 heavy (non-hydrogen) atoms. The van der Waals surface area contributed by atoms with E-state index in [0.29, 0.717) is 38.3 Å². The summed E-state index contributed by atoms with van der Waals surface area (Å²) in [7, 11) is -3.45. The molecule has 2 aromatic rings. The van der Waals surface area contributed by atoms with Crippen LogP contribution in [0.2, 0.25) is 0 Å². The standard InChI is InChI=1S/C19H22FN3O3S/c1-27(25,26)16-8-9-18(17(20)14-16)22-10-5-11-23(13-12-22)19(24)21-15-6-3-2-4-7-15/h2-4,6-9,14H,5,10-13H2,1H3,(H,21,24). The molecule has 0 radical (unpaired) electrons. The summed E-state index contributed by atoms with van der Waals surface area (Å²) < 4.78 is 37.6. The summed E-state index contributed by atoms with van der Waals surface area (Å²) in [6.45, 7) is 2.08. The fraction of sp³-hybridized carbons (Fsp3) is 0.316. The van der Waals surface area contributed by atoms with Crippen LogP contribution in [0.4, 0.5) is 20.6 Å². The van der Waals surface area contributed by atoms with Crippen molar-refractivity contribution < 1.29 is 17.6 Å². The molecule has 0 spiro atoms. The maximum absolute atomic E-state index is 14.4. The SMILES string of the molecule is CS(=O)(=O)c1ccc(N2CCCN(C(=O)Nc3ccccc3)CC2)c(F)c1. The van der Waals surface area contributed by atoms with Crippen LogP contribution in [0.3, 0.4) is 0 Å². The van der Waals surface area contributed by atoms with Gasteiger partial charge in [0.05, 0.1) is 10.6 Å². The average molecular weight is 391 g/mol. The molecule has 144 valence electrons. The number of carbonyl (C=O) groups is 1. The van der Waals surface area contributed by atoms with E-state index in [1.165, 1.54) is 12.1 Å². The van der Waals surface area contributed by atoms with Gasteiger partial charge in [0.15, 0.2) is 9.84 Å². The maximum Gasteiger partial charge on any atom is 0.321 e. The predicted molar refractivity (Wildman–Crippen MR) is 103 cm³/mol. The third kappa shape index (κ3) is 4.77. The lowest BCUT2D eigenvalue weighted by Gasteiger charge is -2.24. The fourth-order valence-corrected chi connectivity index (χ4v) is 3.69. The normalized spacial score (nSPS) is 15.3. The van der Waals surface area contributed by atoms with Gasteiger partial charge in [-0.3, -0.25) is 0 Å². The van der Waals surface area contributed by atoms with Gasteiger partial charge in [-0.15, -0.1) is 0 Å². The van der Waals surface area contributed by atoms with Gasteiger partial charge in [0.25, 0.3) is 0 Å². The van der Waals surface area contributed by atoms with Gasteiger partial charge in [0.1, 0.15) is 5.82 Å². The Kier molecular flexibility index (Phi) is 5.65. The first-order valence-electron chi connectivity index (χ1n) is 8.70. The molecule has 8 heteroatoms. The minimum atomic E-state index is -3.45. The summed E-state index contributed by atoms with van der Waals surface area (Å²) in [6, 6.07) is 13.0. The highest BCUT2D eigenvalue weighted by Gasteiger charge is 2.22. The highest BCUT2D eigenvalue weighted by atomic mass is 32.2. The number of rotatable bonds is 3. The smallest absolute Gasteiger partial charge is 0.321 e. The Bertz CT molecular complexity index is 919. The second-order valence-electron chi connectivity index (χ2n) is 6.51. The van der Waals surface area contributed by atoms with Crippen molar-refractivity contribution in [3.63, 3.8) is 0 Å². The number of hydrogen-bond acceptors (Lipinski definition) is 4. The number of halogens is 1. The lowest BCUT2D eigenvalue weighted by atomic mass is 10.2. The van der Waals surface area contributed by atoms with Crippen LogP contribution in [-0.2, 0) is 9.84 Å². The third-order valence-electron chi connectivity index (χ3n) is 4.50. The van der Waals surface area contributed by atoms with Crippen LogP contribution in [-0.4, -0.2) is 51.8 Å². The van der Waals surface area contributed by atoms with Gasteiger partial charge in [0.2, 0.25) is 0 Å². The molecule has 6 nitrogen and oxygen atoms in total. The first-order chi connectivity index (χ1) is 12.8. The van der Waals surface area contributed by atoms with E-state index in [2.05, 4.69) is 5.32 Å². The first-order valence-corrected chi connectivity index (χ1v) is 10.6. The molecular weight excluding hydrogens is 369 g/mol. The first kappa shape index (κ1) is 19.2. The maximum atomic E-state index is 14.4. The number of carbonyl (C=O) groups excluding carboxylic acids is 1. The monoisotopic (exact) mass is 391 g/mol. The van der Waals surface area contributed by atoms with Gasteiger partial charge >= 0.3 is 6.03 Å². The Morgan fingerprint density at radius 3 is 2.44 bits per heavy atom. The molecule has 0 unspecified atom stereocenters. The number of nitrogens with zero attached hydrogens (tertiary/aromatic N) is 2. The van der Waals surface area contributed by atoms with Crippen molar-refractivity contribution in [1.82, 2.24) is 4.90 Å². The summed E-state index contributed by atoms with van der Waals surface area (Å²) in [6.07, 6.45) is 1.74. The zero-order chi connectivity index (χ0) is 19.4. The van der Waals surface area contributed by atoms with Crippen molar-refractivity contribution in [1.29, 1.82) is 0 Å². The van der Waals surface area contributed by atoms with Crippen molar-refractivity contribution in [3.8, 4) is 0 Å². The van der Waals surface area contributed by atoms with Gasteiger partial charge < -0.3 is 15.1 Å². The number of nitrogens with one attached hydrogen (secondary N) is 1.